The lowest BCUT2D eigenvalue weighted by Crippen LogP contribution is -2.42. The van der Waals surface area contributed by atoms with Gasteiger partial charge in [0.25, 0.3) is 0 Å². The highest BCUT2D eigenvalue weighted by Crippen LogP contribution is 2.41. The molecule has 2 aromatic rings. The molecule has 138 valence electrons. The van der Waals surface area contributed by atoms with Gasteiger partial charge in [-0.2, -0.15) is 0 Å². The van der Waals surface area contributed by atoms with E-state index in [1.807, 2.05) is 39.8 Å². The summed E-state index contributed by atoms with van der Waals surface area (Å²) in [5.41, 5.74) is 3.21. The summed E-state index contributed by atoms with van der Waals surface area (Å²) in [6.45, 7) is 7.56. The highest BCUT2D eigenvalue weighted by molar-refractivity contribution is 9.10. The van der Waals surface area contributed by atoms with Crippen LogP contribution in [0.25, 0.3) is 0 Å². The lowest BCUT2D eigenvalue weighted by atomic mass is 9.90. The lowest BCUT2D eigenvalue weighted by molar-refractivity contribution is 0.0560. The van der Waals surface area contributed by atoms with Crippen molar-refractivity contribution < 1.29 is 13.9 Å². The fraction of sp³-hybridized carbons (Fsp3) is 0.381. The van der Waals surface area contributed by atoms with E-state index in [0.717, 1.165) is 39.7 Å². The fourth-order valence-electron chi connectivity index (χ4n) is 3.31. The lowest BCUT2D eigenvalue weighted by Gasteiger charge is -2.38. The van der Waals surface area contributed by atoms with Crippen molar-refractivity contribution in [1.29, 1.82) is 0 Å². The number of amides is 1. The fourth-order valence-corrected chi connectivity index (χ4v) is 3.64. The van der Waals surface area contributed by atoms with Gasteiger partial charge < -0.3 is 4.74 Å². The first-order valence-electron chi connectivity index (χ1n) is 8.72. The first-order chi connectivity index (χ1) is 12.2. The van der Waals surface area contributed by atoms with E-state index >= 15 is 0 Å². The number of anilines is 1. The quantitative estimate of drug-likeness (QED) is 0.540. The predicted octanol–water partition coefficient (Wildman–Crippen LogP) is 6.33. The molecule has 1 atom stereocenters. The SMILES string of the molecule is Cc1cc2c(cc1Br)N(C(=O)OC(C)(C)C)C(c1cccc(F)c1)CC2. The number of nitrogens with zero attached hydrogens (tertiary/aromatic N) is 1. The summed E-state index contributed by atoms with van der Waals surface area (Å²) in [5, 5.41) is 0. The average Bonchev–Trinajstić information content (AvgIpc) is 2.53. The summed E-state index contributed by atoms with van der Waals surface area (Å²) >= 11 is 3.56. The molecule has 1 amide bonds. The van der Waals surface area contributed by atoms with Crippen LogP contribution in [0.5, 0.6) is 0 Å². The molecule has 1 aliphatic heterocycles. The van der Waals surface area contributed by atoms with Gasteiger partial charge in [0, 0.05) is 4.47 Å². The average molecular weight is 420 g/mol. The molecule has 0 aliphatic carbocycles. The molecule has 0 aromatic heterocycles. The molecule has 3 nitrogen and oxygen atoms in total. The van der Waals surface area contributed by atoms with E-state index in [-0.39, 0.29) is 11.9 Å². The topological polar surface area (TPSA) is 29.5 Å². The molecule has 0 radical (unpaired) electrons. The number of fused-ring (bicyclic) bond motifs is 1. The molecule has 0 N–H and O–H groups in total. The van der Waals surface area contributed by atoms with Crippen LogP contribution in [0.1, 0.15) is 49.9 Å². The zero-order valence-corrected chi connectivity index (χ0v) is 17.1. The van der Waals surface area contributed by atoms with Gasteiger partial charge in [-0.25, -0.2) is 9.18 Å². The summed E-state index contributed by atoms with van der Waals surface area (Å²) in [6.07, 6.45) is 1.13. The molecule has 0 fully saturated rings. The number of hydrogen-bond donors (Lipinski definition) is 0. The zero-order valence-electron chi connectivity index (χ0n) is 15.5. The Hall–Kier alpha value is -1.88. The minimum absolute atomic E-state index is 0.261. The van der Waals surface area contributed by atoms with E-state index < -0.39 is 11.7 Å². The summed E-state index contributed by atoms with van der Waals surface area (Å²) < 4.78 is 20.4. The Morgan fingerprint density at radius 1 is 1.27 bits per heavy atom. The maximum absolute atomic E-state index is 13.8. The van der Waals surface area contributed by atoms with Crippen molar-refractivity contribution in [2.24, 2.45) is 0 Å². The second kappa shape index (κ2) is 7.03. The highest BCUT2D eigenvalue weighted by atomic mass is 79.9. The number of aryl methyl sites for hydroxylation is 2. The summed E-state index contributed by atoms with van der Waals surface area (Å²) in [6, 6.07) is 10.2. The molecule has 5 heteroatoms. The molecule has 26 heavy (non-hydrogen) atoms. The third kappa shape index (κ3) is 3.93. The minimum Gasteiger partial charge on any atom is -0.443 e. The smallest absolute Gasteiger partial charge is 0.415 e. The van der Waals surface area contributed by atoms with Gasteiger partial charge in [0.05, 0.1) is 11.7 Å². The standard InChI is InChI=1S/C21H23BrFNO2/c1-13-10-15-8-9-18(14-6-5-7-16(23)11-14)24(19(15)12-17(13)22)20(25)26-21(2,3)4/h5-7,10-12,18H,8-9H2,1-4H3. The van der Waals surface area contributed by atoms with Crippen LogP contribution in [0.2, 0.25) is 0 Å². The Labute approximate surface area is 162 Å². The van der Waals surface area contributed by atoms with Crippen molar-refractivity contribution in [2.45, 2.75) is 52.2 Å². The summed E-state index contributed by atoms with van der Waals surface area (Å²) in [7, 11) is 0. The predicted molar refractivity (Wildman–Crippen MR) is 105 cm³/mol. The highest BCUT2D eigenvalue weighted by Gasteiger charge is 2.35. The van der Waals surface area contributed by atoms with Crippen molar-refractivity contribution in [3.63, 3.8) is 0 Å². The molecule has 2 aromatic carbocycles. The third-order valence-electron chi connectivity index (χ3n) is 4.44. The largest absolute Gasteiger partial charge is 0.443 e. The Morgan fingerprint density at radius 3 is 2.65 bits per heavy atom. The number of carbonyl (C=O) groups is 1. The first-order valence-corrected chi connectivity index (χ1v) is 9.52. The number of ether oxygens (including phenoxy) is 1. The molecule has 0 spiro atoms. The normalized spacial score (nSPS) is 17.0. The Morgan fingerprint density at radius 2 is 2.00 bits per heavy atom. The van der Waals surface area contributed by atoms with Crippen LogP contribution < -0.4 is 4.90 Å². The molecular formula is C21H23BrFNO2. The molecule has 0 saturated carbocycles. The van der Waals surface area contributed by atoms with E-state index in [2.05, 4.69) is 22.0 Å². The third-order valence-corrected chi connectivity index (χ3v) is 5.30. The van der Waals surface area contributed by atoms with Crippen molar-refractivity contribution >= 4 is 27.7 Å². The summed E-state index contributed by atoms with van der Waals surface area (Å²) in [5.74, 6) is -0.303. The first kappa shape index (κ1) is 18.9. The van der Waals surface area contributed by atoms with Crippen LogP contribution in [-0.2, 0) is 11.2 Å². The zero-order chi connectivity index (χ0) is 19.1. The van der Waals surface area contributed by atoms with E-state index in [0.29, 0.717) is 0 Å². The van der Waals surface area contributed by atoms with Crippen molar-refractivity contribution in [3.05, 3.63) is 63.4 Å². The maximum atomic E-state index is 13.8. The van der Waals surface area contributed by atoms with Crippen molar-refractivity contribution in [1.82, 2.24) is 0 Å². The van der Waals surface area contributed by atoms with Gasteiger partial charge in [-0.15, -0.1) is 0 Å². The van der Waals surface area contributed by atoms with Crippen LogP contribution >= 0.6 is 15.9 Å². The van der Waals surface area contributed by atoms with Gasteiger partial charge in [0.1, 0.15) is 11.4 Å². The summed E-state index contributed by atoms with van der Waals surface area (Å²) in [4.78, 5) is 14.7. The Balaban J connectivity index is 2.09. The molecule has 3 rings (SSSR count). The van der Waals surface area contributed by atoms with Gasteiger partial charge in [-0.1, -0.05) is 34.1 Å². The van der Waals surface area contributed by atoms with Gasteiger partial charge in [-0.05, 0) is 75.4 Å². The second-order valence-electron chi connectivity index (χ2n) is 7.69. The van der Waals surface area contributed by atoms with E-state index in [4.69, 9.17) is 4.74 Å². The van der Waals surface area contributed by atoms with Crippen LogP contribution in [0.4, 0.5) is 14.9 Å². The molecule has 0 saturated heterocycles. The number of carbonyl (C=O) groups excluding carboxylic acids is 1. The van der Waals surface area contributed by atoms with Crippen molar-refractivity contribution in [2.75, 3.05) is 4.90 Å². The van der Waals surface area contributed by atoms with Gasteiger partial charge in [0.15, 0.2) is 0 Å². The molecular weight excluding hydrogens is 397 g/mol. The van der Waals surface area contributed by atoms with E-state index in [1.165, 1.54) is 12.1 Å². The van der Waals surface area contributed by atoms with Crippen LogP contribution in [0, 0.1) is 12.7 Å². The number of hydrogen-bond acceptors (Lipinski definition) is 2. The second-order valence-corrected chi connectivity index (χ2v) is 8.54. The van der Waals surface area contributed by atoms with Crippen molar-refractivity contribution in [3.8, 4) is 0 Å². The maximum Gasteiger partial charge on any atom is 0.415 e. The van der Waals surface area contributed by atoms with Gasteiger partial charge >= 0.3 is 6.09 Å². The van der Waals surface area contributed by atoms with Gasteiger partial charge in [0.2, 0.25) is 0 Å². The Kier molecular flexibility index (Phi) is 5.11. The molecule has 1 heterocycles. The molecule has 1 aliphatic rings. The van der Waals surface area contributed by atoms with Crippen LogP contribution in [-0.4, -0.2) is 11.7 Å². The van der Waals surface area contributed by atoms with Crippen LogP contribution in [0.3, 0.4) is 0 Å². The van der Waals surface area contributed by atoms with E-state index in [9.17, 15) is 9.18 Å². The number of rotatable bonds is 1. The molecule has 0 bridgehead atoms. The number of benzene rings is 2. The van der Waals surface area contributed by atoms with Gasteiger partial charge in [-0.3, -0.25) is 4.90 Å². The van der Waals surface area contributed by atoms with Crippen LogP contribution in [0.15, 0.2) is 40.9 Å². The van der Waals surface area contributed by atoms with E-state index in [1.54, 1.807) is 11.0 Å². The minimum atomic E-state index is -0.608. The monoisotopic (exact) mass is 419 g/mol. The molecule has 1 unspecified atom stereocenters. The Bertz CT molecular complexity index is 844. The number of halogens is 2.